The summed E-state index contributed by atoms with van der Waals surface area (Å²) in [6, 6.07) is 6.65. The molecule has 0 aliphatic carbocycles. The van der Waals surface area contributed by atoms with E-state index in [-0.39, 0.29) is 5.56 Å². The summed E-state index contributed by atoms with van der Waals surface area (Å²) >= 11 is 0. The lowest BCUT2D eigenvalue weighted by atomic mass is 9.80. The van der Waals surface area contributed by atoms with Gasteiger partial charge >= 0.3 is 6.98 Å². The summed E-state index contributed by atoms with van der Waals surface area (Å²) in [4.78, 5) is 10.6. The SMILES string of the molecule is O=C(c1ccccc1)[B-](F)(F)F. The number of carbonyl (C=O) groups excluding carboxylic acids is 1. The third kappa shape index (κ3) is 1.87. The largest absolute Gasteiger partial charge is 0.549 e. The predicted octanol–water partition coefficient (Wildman–Crippen LogP) is 2.26. The van der Waals surface area contributed by atoms with E-state index >= 15 is 0 Å². The molecule has 0 saturated heterocycles. The first-order valence-electron chi connectivity index (χ1n) is 3.31. The second-order valence-corrected chi connectivity index (χ2v) is 2.31. The van der Waals surface area contributed by atoms with E-state index in [0.717, 1.165) is 12.1 Å². The quantitative estimate of drug-likeness (QED) is 0.626. The van der Waals surface area contributed by atoms with Crippen molar-refractivity contribution in [2.75, 3.05) is 0 Å². The van der Waals surface area contributed by atoms with Gasteiger partial charge in [-0.25, -0.2) is 0 Å². The number of carbonyl (C=O) groups is 1. The van der Waals surface area contributed by atoms with Gasteiger partial charge in [-0.3, -0.25) is 0 Å². The minimum Gasteiger partial charge on any atom is -0.443 e. The zero-order chi connectivity index (χ0) is 9.19. The summed E-state index contributed by atoms with van der Waals surface area (Å²) in [5, 5.41) is 0. The number of hydrogen-bond acceptors (Lipinski definition) is 1. The van der Waals surface area contributed by atoms with Crippen LogP contribution in [0.15, 0.2) is 30.3 Å². The van der Waals surface area contributed by atoms with Crippen molar-refractivity contribution in [1.29, 1.82) is 0 Å². The maximum atomic E-state index is 11.8. The molecule has 0 spiro atoms. The lowest BCUT2D eigenvalue weighted by Gasteiger charge is -2.11. The van der Waals surface area contributed by atoms with Gasteiger partial charge in [0.05, 0.1) is 0 Å². The van der Waals surface area contributed by atoms with Crippen LogP contribution in [0.3, 0.4) is 0 Å². The van der Waals surface area contributed by atoms with Crippen LogP contribution in [0.5, 0.6) is 0 Å². The van der Waals surface area contributed by atoms with Crippen LogP contribution in [0.25, 0.3) is 0 Å². The first-order chi connectivity index (χ1) is 5.52. The number of rotatable bonds is 2. The van der Waals surface area contributed by atoms with Gasteiger partial charge in [0.2, 0.25) is 0 Å². The van der Waals surface area contributed by atoms with Crippen molar-refractivity contribution in [2.45, 2.75) is 0 Å². The van der Waals surface area contributed by atoms with E-state index in [0.29, 0.717) is 0 Å². The molecule has 0 aliphatic heterocycles. The fraction of sp³-hybridized carbons (Fsp3) is 0. The molecule has 1 rings (SSSR count). The third-order valence-corrected chi connectivity index (χ3v) is 1.36. The Bertz CT molecular complexity index is 280. The molecule has 1 nitrogen and oxygen atoms in total. The van der Waals surface area contributed by atoms with E-state index in [4.69, 9.17) is 0 Å². The summed E-state index contributed by atoms with van der Waals surface area (Å²) in [5.74, 6) is 0. The van der Waals surface area contributed by atoms with Crippen LogP contribution < -0.4 is 0 Å². The van der Waals surface area contributed by atoms with E-state index in [1.807, 2.05) is 0 Å². The van der Waals surface area contributed by atoms with E-state index in [2.05, 4.69) is 0 Å². The molecular formula is C7H5BF3O-. The third-order valence-electron chi connectivity index (χ3n) is 1.36. The maximum absolute atomic E-state index is 11.8. The zero-order valence-electron chi connectivity index (χ0n) is 6.01. The first-order valence-corrected chi connectivity index (χ1v) is 3.31. The highest BCUT2D eigenvalue weighted by Crippen LogP contribution is 2.15. The molecule has 0 aliphatic rings. The smallest absolute Gasteiger partial charge is 0.443 e. The fourth-order valence-corrected chi connectivity index (χ4v) is 0.791. The van der Waals surface area contributed by atoms with Crippen molar-refractivity contribution >= 4 is 12.7 Å². The molecule has 1 aromatic rings. The molecule has 0 N–H and O–H groups in total. The summed E-state index contributed by atoms with van der Waals surface area (Å²) in [7, 11) is 0. The van der Waals surface area contributed by atoms with Gasteiger partial charge in [-0.1, -0.05) is 30.3 Å². The van der Waals surface area contributed by atoms with Crippen molar-refractivity contribution < 1.29 is 17.7 Å². The summed E-state index contributed by atoms with van der Waals surface area (Å²) in [6.45, 7) is -5.39. The molecule has 0 unspecified atom stereocenters. The van der Waals surface area contributed by atoms with Crippen molar-refractivity contribution in [2.24, 2.45) is 0 Å². The minimum atomic E-state index is -5.39. The molecule has 0 heterocycles. The van der Waals surface area contributed by atoms with Crippen molar-refractivity contribution in [3.05, 3.63) is 35.9 Å². The summed E-state index contributed by atoms with van der Waals surface area (Å²) in [6.07, 6.45) is 0. The van der Waals surface area contributed by atoms with Crippen LogP contribution in [0, 0.1) is 0 Å². The molecule has 0 bridgehead atoms. The second-order valence-electron chi connectivity index (χ2n) is 2.31. The van der Waals surface area contributed by atoms with Crippen LogP contribution in [0.4, 0.5) is 12.9 Å². The molecule has 0 atom stereocenters. The molecule has 0 amide bonds. The Morgan fingerprint density at radius 2 is 1.58 bits per heavy atom. The molecule has 64 valence electrons. The molecule has 5 heteroatoms. The highest BCUT2D eigenvalue weighted by atomic mass is 19.4. The van der Waals surface area contributed by atoms with Gasteiger partial charge in [0.25, 0.3) is 0 Å². The standard InChI is InChI=1S/C7H5BF3O/c9-8(10,11)7(12)6-4-2-1-3-5-6/h1-5H/q-1. The topological polar surface area (TPSA) is 17.1 Å². The van der Waals surface area contributed by atoms with Gasteiger partial charge in [0, 0.05) is 0 Å². The molecule has 0 saturated carbocycles. The molecule has 0 aromatic heterocycles. The molecule has 12 heavy (non-hydrogen) atoms. The van der Waals surface area contributed by atoms with Gasteiger partial charge in [-0.2, -0.15) is 0 Å². The zero-order valence-corrected chi connectivity index (χ0v) is 6.01. The van der Waals surface area contributed by atoms with Gasteiger partial charge in [-0.15, -0.1) is 0 Å². The fourth-order valence-electron chi connectivity index (χ4n) is 0.791. The van der Waals surface area contributed by atoms with Crippen LogP contribution in [0.2, 0.25) is 0 Å². The van der Waals surface area contributed by atoms with Gasteiger partial charge < -0.3 is 17.7 Å². The van der Waals surface area contributed by atoms with Crippen LogP contribution in [-0.4, -0.2) is 12.7 Å². The van der Waals surface area contributed by atoms with E-state index in [1.54, 1.807) is 6.07 Å². The summed E-state index contributed by atoms with van der Waals surface area (Å²) < 4.78 is 35.5. The first kappa shape index (κ1) is 8.84. The van der Waals surface area contributed by atoms with Gasteiger partial charge in [-0.05, 0) is 5.56 Å². The normalized spacial score (nSPS) is 11.2. The van der Waals surface area contributed by atoms with Crippen LogP contribution >= 0.6 is 0 Å². The van der Waals surface area contributed by atoms with Crippen molar-refractivity contribution in [3.8, 4) is 0 Å². The number of halogens is 3. The Hall–Kier alpha value is -1.26. The Balaban J connectivity index is 2.94. The predicted molar refractivity (Wildman–Crippen MR) is 39.9 cm³/mol. The van der Waals surface area contributed by atoms with Gasteiger partial charge in [0.1, 0.15) is 5.68 Å². The lowest BCUT2D eigenvalue weighted by Crippen LogP contribution is -2.29. The van der Waals surface area contributed by atoms with Gasteiger partial charge in [0.15, 0.2) is 0 Å². The monoisotopic (exact) mass is 173 g/mol. The lowest BCUT2D eigenvalue weighted by molar-refractivity contribution is 0.102. The van der Waals surface area contributed by atoms with Crippen molar-refractivity contribution in [3.63, 3.8) is 0 Å². The Kier molecular flexibility index (Phi) is 2.21. The highest BCUT2D eigenvalue weighted by Gasteiger charge is 2.33. The van der Waals surface area contributed by atoms with Crippen molar-refractivity contribution in [1.82, 2.24) is 0 Å². The molecule has 1 aromatic carbocycles. The molecule has 0 radical (unpaired) electrons. The van der Waals surface area contributed by atoms with E-state index < -0.39 is 12.7 Å². The van der Waals surface area contributed by atoms with E-state index in [1.165, 1.54) is 12.1 Å². The van der Waals surface area contributed by atoms with Crippen LogP contribution in [0.1, 0.15) is 10.4 Å². The maximum Gasteiger partial charge on any atom is 0.549 e. The second kappa shape index (κ2) is 3.01. The summed E-state index contributed by atoms with van der Waals surface area (Å²) in [5.41, 5.74) is -2.04. The number of hydrogen-bond donors (Lipinski definition) is 0. The molecular weight excluding hydrogens is 168 g/mol. The Labute approximate surface area is 67.3 Å². The highest BCUT2D eigenvalue weighted by molar-refractivity contribution is 6.93. The average Bonchev–Trinajstić information content (AvgIpc) is 2.03. The molecule has 0 fully saturated rings. The minimum absolute atomic E-state index is 0.301. The van der Waals surface area contributed by atoms with E-state index in [9.17, 15) is 17.7 Å². The average molecular weight is 173 g/mol. The van der Waals surface area contributed by atoms with Crippen LogP contribution in [-0.2, 0) is 0 Å². The number of benzene rings is 1. The Morgan fingerprint density at radius 1 is 1.08 bits per heavy atom. The Morgan fingerprint density at radius 3 is 2.00 bits per heavy atom.